The Kier molecular flexibility index (Phi) is 3.16. The quantitative estimate of drug-likeness (QED) is 0.775. The van der Waals surface area contributed by atoms with Gasteiger partial charge in [-0.1, -0.05) is 0 Å². The Morgan fingerprint density at radius 1 is 1.50 bits per heavy atom. The van der Waals surface area contributed by atoms with Crippen molar-refractivity contribution in [1.82, 2.24) is 9.55 Å². The maximum absolute atomic E-state index is 5.61. The third kappa shape index (κ3) is 2.13. The molecular weight excluding hydrogens is 178 g/mol. The van der Waals surface area contributed by atoms with E-state index in [9.17, 15) is 0 Å². The number of nitrogens with zero attached hydrogens (tertiary/aromatic N) is 2. The maximum atomic E-state index is 5.61. The molecular formula is C10H17N3O. The van der Waals surface area contributed by atoms with Crippen molar-refractivity contribution in [3.63, 3.8) is 0 Å². The van der Waals surface area contributed by atoms with Gasteiger partial charge in [0.15, 0.2) is 0 Å². The molecule has 0 saturated carbocycles. The first-order valence-electron chi connectivity index (χ1n) is 5.17. The molecule has 4 nitrogen and oxygen atoms in total. The molecule has 0 bridgehead atoms. The molecule has 2 rings (SSSR count). The summed E-state index contributed by atoms with van der Waals surface area (Å²) in [6, 6.07) is 0. The molecule has 78 valence electrons. The molecule has 1 aromatic rings. The molecule has 0 unspecified atom stereocenters. The van der Waals surface area contributed by atoms with Gasteiger partial charge in [-0.25, -0.2) is 4.98 Å². The lowest BCUT2D eigenvalue weighted by Gasteiger charge is -2.22. The summed E-state index contributed by atoms with van der Waals surface area (Å²) in [6.45, 7) is 3.41. The SMILES string of the molecule is NCc1cncn1CC1CCOCC1. The normalized spacial score (nSPS) is 18.6. The van der Waals surface area contributed by atoms with E-state index in [4.69, 9.17) is 10.5 Å². The summed E-state index contributed by atoms with van der Waals surface area (Å²) in [6.07, 6.45) is 6.03. The molecule has 2 N–H and O–H groups in total. The van der Waals surface area contributed by atoms with Crippen LogP contribution < -0.4 is 5.73 Å². The van der Waals surface area contributed by atoms with Crippen LogP contribution in [-0.2, 0) is 17.8 Å². The molecule has 2 heterocycles. The molecule has 1 aliphatic rings. The van der Waals surface area contributed by atoms with Crippen LogP contribution in [0, 0.1) is 5.92 Å². The van der Waals surface area contributed by atoms with Crippen molar-refractivity contribution in [2.45, 2.75) is 25.9 Å². The fourth-order valence-electron chi connectivity index (χ4n) is 1.89. The first-order chi connectivity index (χ1) is 6.90. The van der Waals surface area contributed by atoms with Crippen LogP contribution >= 0.6 is 0 Å². The summed E-state index contributed by atoms with van der Waals surface area (Å²) in [5, 5.41) is 0. The summed E-state index contributed by atoms with van der Waals surface area (Å²) in [5.74, 6) is 0.725. The van der Waals surface area contributed by atoms with Crippen molar-refractivity contribution in [2.75, 3.05) is 13.2 Å². The smallest absolute Gasteiger partial charge is 0.0948 e. The predicted octanol–water partition coefficient (Wildman–Crippen LogP) is 0.768. The number of aromatic nitrogens is 2. The molecule has 0 amide bonds. The molecule has 1 aromatic heterocycles. The fraction of sp³-hybridized carbons (Fsp3) is 0.700. The first kappa shape index (κ1) is 9.68. The first-order valence-corrected chi connectivity index (χ1v) is 5.17. The van der Waals surface area contributed by atoms with Crippen molar-refractivity contribution in [1.29, 1.82) is 0 Å². The predicted molar refractivity (Wildman–Crippen MR) is 53.7 cm³/mol. The summed E-state index contributed by atoms with van der Waals surface area (Å²) < 4.78 is 7.49. The van der Waals surface area contributed by atoms with E-state index in [1.54, 1.807) is 0 Å². The van der Waals surface area contributed by atoms with Gasteiger partial charge in [0, 0.05) is 32.5 Å². The highest BCUT2D eigenvalue weighted by Gasteiger charge is 2.14. The average Bonchev–Trinajstić information content (AvgIpc) is 2.67. The molecule has 1 aliphatic heterocycles. The van der Waals surface area contributed by atoms with Gasteiger partial charge < -0.3 is 15.0 Å². The van der Waals surface area contributed by atoms with Crippen molar-refractivity contribution >= 4 is 0 Å². The zero-order valence-electron chi connectivity index (χ0n) is 8.35. The number of hydrogen-bond donors (Lipinski definition) is 1. The second-order valence-corrected chi connectivity index (χ2v) is 3.80. The number of nitrogens with two attached hydrogens (primary N) is 1. The average molecular weight is 195 g/mol. The van der Waals surface area contributed by atoms with Crippen molar-refractivity contribution in [3.8, 4) is 0 Å². The summed E-state index contributed by atoms with van der Waals surface area (Å²) in [7, 11) is 0. The molecule has 14 heavy (non-hydrogen) atoms. The minimum atomic E-state index is 0.573. The molecule has 0 atom stereocenters. The molecule has 1 fully saturated rings. The van der Waals surface area contributed by atoms with Crippen LogP contribution in [0.1, 0.15) is 18.5 Å². The van der Waals surface area contributed by atoms with Crippen LogP contribution in [0.15, 0.2) is 12.5 Å². The lowest BCUT2D eigenvalue weighted by atomic mass is 10.0. The van der Waals surface area contributed by atoms with Gasteiger partial charge in [0.05, 0.1) is 12.0 Å². The van der Waals surface area contributed by atoms with E-state index in [-0.39, 0.29) is 0 Å². The van der Waals surface area contributed by atoms with Gasteiger partial charge in [-0.2, -0.15) is 0 Å². The van der Waals surface area contributed by atoms with Crippen molar-refractivity contribution in [2.24, 2.45) is 11.7 Å². The van der Waals surface area contributed by atoms with Gasteiger partial charge in [-0.05, 0) is 18.8 Å². The molecule has 0 aliphatic carbocycles. The van der Waals surface area contributed by atoms with Gasteiger partial charge in [-0.15, -0.1) is 0 Å². The Balaban J connectivity index is 1.95. The van der Waals surface area contributed by atoms with Gasteiger partial charge in [0.1, 0.15) is 0 Å². The number of hydrogen-bond acceptors (Lipinski definition) is 3. The van der Waals surface area contributed by atoms with E-state index in [0.29, 0.717) is 6.54 Å². The largest absolute Gasteiger partial charge is 0.381 e. The fourth-order valence-corrected chi connectivity index (χ4v) is 1.89. The highest BCUT2D eigenvalue weighted by molar-refractivity contribution is 4.97. The van der Waals surface area contributed by atoms with Gasteiger partial charge in [-0.3, -0.25) is 0 Å². The van der Waals surface area contributed by atoms with E-state index in [1.165, 1.54) is 0 Å². The Morgan fingerprint density at radius 3 is 3.00 bits per heavy atom. The van der Waals surface area contributed by atoms with E-state index in [2.05, 4.69) is 9.55 Å². The zero-order chi connectivity index (χ0) is 9.80. The summed E-state index contributed by atoms with van der Waals surface area (Å²) in [5.41, 5.74) is 6.74. The summed E-state index contributed by atoms with van der Waals surface area (Å²) in [4.78, 5) is 4.11. The second-order valence-electron chi connectivity index (χ2n) is 3.80. The second kappa shape index (κ2) is 4.57. The zero-order valence-corrected chi connectivity index (χ0v) is 8.35. The lowest BCUT2D eigenvalue weighted by molar-refractivity contribution is 0.0610. The van der Waals surface area contributed by atoms with Crippen LogP contribution in [-0.4, -0.2) is 22.8 Å². The molecule has 0 radical (unpaired) electrons. The van der Waals surface area contributed by atoms with E-state index >= 15 is 0 Å². The number of imidazole rings is 1. The highest BCUT2D eigenvalue weighted by Crippen LogP contribution is 2.17. The number of rotatable bonds is 3. The minimum Gasteiger partial charge on any atom is -0.381 e. The molecule has 0 spiro atoms. The van der Waals surface area contributed by atoms with Crippen LogP contribution in [0.4, 0.5) is 0 Å². The lowest BCUT2D eigenvalue weighted by Crippen LogP contribution is -2.21. The minimum absolute atomic E-state index is 0.573. The number of ether oxygens (including phenoxy) is 1. The maximum Gasteiger partial charge on any atom is 0.0948 e. The van der Waals surface area contributed by atoms with Gasteiger partial charge >= 0.3 is 0 Å². The van der Waals surface area contributed by atoms with Gasteiger partial charge in [0.25, 0.3) is 0 Å². The highest BCUT2D eigenvalue weighted by atomic mass is 16.5. The Bertz CT molecular complexity index is 279. The molecule has 4 heteroatoms. The Labute approximate surface area is 84.1 Å². The Hall–Kier alpha value is -0.870. The van der Waals surface area contributed by atoms with Crippen LogP contribution in [0.2, 0.25) is 0 Å². The topological polar surface area (TPSA) is 53.1 Å². The summed E-state index contributed by atoms with van der Waals surface area (Å²) >= 11 is 0. The van der Waals surface area contributed by atoms with Crippen LogP contribution in [0.5, 0.6) is 0 Å². The molecule has 1 saturated heterocycles. The van der Waals surface area contributed by atoms with E-state index in [1.807, 2.05) is 12.5 Å². The Morgan fingerprint density at radius 2 is 2.29 bits per heavy atom. The van der Waals surface area contributed by atoms with Crippen LogP contribution in [0.3, 0.4) is 0 Å². The third-order valence-corrected chi connectivity index (χ3v) is 2.80. The molecule has 0 aromatic carbocycles. The van der Waals surface area contributed by atoms with Crippen LogP contribution in [0.25, 0.3) is 0 Å². The standard InChI is InChI=1S/C10H17N3O/c11-5-10-6-12-8-13(10)7-9-1-3-14-4-2-9/h6,8-9H,1-5,7,11H2. The van der Waals surface area contributed by atoms with Gasteiger partial charge in [0.2, 0.25) is 0 Å². The van der Waals surface area contributed by atoms with E-state index in [0.717, 1.165) is 44.2 Å². The van der Waals surface area contributed by atoms with E-state index < -0.39 is 0 Å². The van der Waals surface area contributed by atoms with Crippen molar-refractivity contribution in [3.05, 3.63) is 18.2 Å². The van der Waals surface area contributed by atoms with Crippen molar-refractivity contribution < 1.29 is 4.74 Å². The third-order valence-electron chi connectivity index (χ3n) is 2.80. The monoisotopic (exact) mass is 195 g/mol.